The quantitative estimate of drug-likeness (QED) is 0.323. The van der Waals surface area contributed by atoms with Crippen LogP contribution in [0, 0.1) is 0 Å². The van der Waals surface area contributed by atoms with Gasteiger partial charge in [-0.2, -0.15) is 0 Å². The number of ketones is 2. The Bertz CT molecular complexity index is 1490. The number of carbonyl (C=O) groups excluding carboxylic acids is 2. The molecule has 0 unspecified atom stereocenters. The van der Waals surface area contributed by atoms with E-state index in [1.165, 1.54) is 5.39 Å². The number of benzene rings is 3. The average Bonchev–Trinajstić information content (AvgIpc) is 2.93. The van der Waals surface area contributed by atoms with E-state index in [4.69, 9.17) is 9.47 Å². The Hall–Kier alpha value is -3.38. The van der Waals surface area contributed by atoms with E-state index < -0.39 is 0 Å². The molecule has 6 heteroatoms. The first-order valence-electron chi connectivity index (χ1n) is 13.2. The Morgan fingerprint density at radius 1 is 0.895 bits per heavy atom. The van der Waals surface area contributed by atoms with E-state index in [0.29, 0.717) is 30.9 Å². The zero-order valence-electron chi connectivity index (χ0n) is 21.7. The predicted octanol–water partition coefficient (Wildman–Crippen LogP) is 7.23. The number of fused-ring (bicyclic) bond motifs is 1. The fourth-order valence-corrected chi connectivity index (χ4v) is 6.87. The largest absolute Gasteiger partial charge is 0.493 e. The van der Waals surface area contributed by atoms with Crippen LogP contribution in [0.3, 0.4) is 0 Å². The summed E-state index contributed by atoms with van der Waals surface area (Å²) in [5.41, 5.74) is 5.63. The number of rotatable bonds is 5. The maximum Gasteiger partial charge on any atom is 0.175 e. The highest BCUT2D eigenvalue weighted by Gasteiger charge is 2.42. The number of hydrogen-bond donors (Lipinski definition) is 0. The van der Waals surface area contributed by atoms with Crippen LogP contribution >= 0.6 is 15.9 Å². The van der Waals surface area contributed by atoms with E-state index in [0.717, 1.165) is 69.2 Å². The third kappa shape index (κ3) is 4.15. The standard InChI is InChI=1S/C32H30BrNO4/c1-34-24-12-6-14-26(35)30(24)29(31-25(34)13-7-15-27(31)36)21-16-23(33)32(28(17-21)37-2)38-18-20-10-5-9-19-8-3-4-11-22(19)20/h3-5,8-11,16-17,29H,6-7,12-15,18H2,1-2H3. The highest BCUT2D eigenvalue weighted by Crippen LogP contribution is 2.50. The van der Waals surface area contributed by atoms with Crippen molar-refractivity contribution in [1.29, 1.82) is 0 Å². The number of Topliss-reactive ketones (excluding diaryl/α,β-unsaturated/α-hetero) is 2. The molecule has 6 rings (SSSR count). The predicted molar refractivity (Wildman–Crippen MR) is 151 cm³/mol. The Morgan fingerprint density at radius 3 is 2.24 bits per heavy atom. The lowest BCUT2D eigenvalue weighted by Gasteiger charge is -2.42. The summed E-state index contributed by atoms with van der Waals surface area (Å²) in [5, 5.41) is 2.32. The Kier molecular flexibility index (Phi) is 6.60. The van der Waals surface area contributed by atoms with Crippen molar-refractivity contribution in [2.45, 2.75) is 51.0 Å². The van der Waals surface area contributed by atoms with Crippen molar-refractivity contribution >= 4 is 38.3 Å². The molecule has 0 N–H and O–H groups in total. The normalized spacial score (nSPS) is 18.1. The molecule has 194 valence electrons. The molecule has 3 aromatic rings. The summed E-state index contributed by atoms with van der Waals surface area (Å²) in [6.45, 7) is 0.380. The van der Waals surface area contributed by atoms with Gasteiger partial charge in [0, 0.05) is 48.3 Å². The van der Waals surface area contributed by atoms with Crippen molar-refractivity contribution in [3.63, 3.8) is 0 Å². The second-order valence-electron chi connectivity index (χ2n) is 10.2. The van der Waals surface area contributed by atoms with Crippen LogP contribution in [0.1, 0.15) is 55.6 Å². The van der Waals surface area contributed by atoms with Gasteiger partial charge in [-0.3, -0.25) is 9.59 Å². The van der Waals surface area contributed by atoms with Crippen molar-refractivity contribution in [3.8, 4) is 11.5 Å². The van der Waals surface area contributed by atoms with Gasteiger partial charge in [0.1, 0.15) is 6.61 Å². The Balaban J connectivity index is 1.41. The van der Waals surface area contributed by atoms with E-state index in [-0.39, 0.29) is 17.5 Å². The molecule has 1 aliphatic heterocycles. The summed E-state index contributed by atoms with van der Waals surface area (Å²) in [6, 6.07) is 18.4. The van der Waals surface area contributed by atoms with Crippen LogP contribution in [0.2, 0.25) is 0 Å². The maximum atomic E-state index is 13.3. The number of methoxy groups -OCH3 is 1. The van der Waals surface area contributed by atoms with Crippen LogP contribution < -0.4 is 9.47 Å². The van der Waals surface area contributed by atoms with E-state index >= 15 is 0 Å². The molecule has 38 heavy (non-hydrogen) atoms. The molecule has 0 saturated carbocycles. The molecule has 0 aromatic heterocycles. The highest BCUT2D eigenvalue weighted by atomic mass is 79.9. The summed E-state index contributed by atoms with van der Waals surface area (Å²) in [7, 11) is 3.64. The van der Waals surface area contributed by atoms with Gasteiger partial charge in [-0.05, 0) is 75.6 Å². The molecule has 1 heterocycles. The average molecular weight is 572 g/mol. The van der Waals surface area contributed by atoms with Gasteiger partial charge in [0.25, 0.3) is 0 Å². The molecule has 2 aliphatic carbocycles. The lowest BCUT2D eigenvalue weighted by Crippen LogP contribution is -2.37. The van der Waals surface area contributed by atoms with Gasteiger partial charge in [-0.25, -0.2) is 0 Å². The number of hydrogen-bond acceptors (Lipinski definition) is 5. The van der Waals surface area contributed by atoms with Gasteiger partial charge in [-0.15, -0.1) is 0 Å². The van der Waals surface area contributed by atoms with Crippen molar-refractivity contribution in [2.75, 3.05) is 14.2 Å². The number of allylic oxidation sites excluding steroid dienone is 4. The van der Waals surface area contributed by atoms with E-state index in [9.17, 15) is 9.59 Å². The summed E-state index contributed by atoms with van der Waals surface area (Å²) in [5.74, 6) is 1.07. The van der Waals surface area contributed by atoms with Gasteiger partial charge in [0.2, 0.25) is 0 Å². The molecule has 3 aliphatic rings. The fourth-order valence-electron chi connectivity index (χ4n) is 6.30. The second-order valence-corrected chi connectivity index (χ2v) is 11.1. The fraction of sp³-hybridized carbons (Fsp3) is 0.312. The lowest BCUT2D eigenvalue weighted by molar-refractivity contribution is -0.117. The number of nitrogens with zero attached hydrogens (tertiary/aromatic N) is 1. The smallest absolute Gasteiger partial charge is 0.175 e. The molecule has 3 aromatic carbocycles. The maximum absolute atomic E-state index is 13.3. The zero-order valence-corrected chi connectivity index (χ0v) is 23.3. The second kappa shape index (κ2) is 10.1. The minimum atomic E-state index is -0.380. The minimum Gasteiger partial charge on any atom is -0.493 e. The van der Waals surface area contributed by atoms with E-state index in [1.54, 1.807) is 7.11 Å². The van der Waals surface area contributed by atoms with Crippen LogP contribution in [-0.4, -0.2) is 30.6 Å². The topological polar surface area (TPSA) is 55.8 Å². The number of ether oxygens (including phenoxy) is 2. The van der Waals surface area contributed by atoms with Gasteiger partial charge in [0.15, 0.2) is 23.1 Å². The first-order valence-corrected chi connectivity index (χ1v) is 14.0. The molecule has 0 bridgehead atoms. The van der Waals surface area contributed by atoms with Crippen molar-refractivity contribution < 1.29 is 19.1 Å². The molecule has 5 nitrogen and oxygen atoms in total. The monoisotopic (exact) mass is 571 g/mol. The van der Waals surface area contributed by atoms with Crippen LogP contribution in [0.4, 0.5) is 0 Å². The van der Waals surface area contributed by atoms with Crippen LogP contribution in [0.25, 0.3) is 10.8 Å². The van der Waals surface area contributed by atoms with Gasteiger partial charge in [-0.1, -0.05) is 42.5 Å². The third-order valence-corrected chi connectivity index (χ3v) is 8.67. The molecule has 0 fully saturated rings. The van der Waals surface area contributed by atoms with Crippen molar-refractivity contribution in [2.24, 2.45) is 0 Å². The van der Waals surface area contributed by atoms with E-state index in [2.05, 4.69) is 45.1 Å². The molecule has 0 spiro atoms. The van der Waals surface area contributed by atoms with Gasteiger partial charge in [0.05, 0.1) is 11.6 Å². The first-order chi connectivity index (χ1) is 18.5. The Morgan fingerprint density at radius 2 is 1.55 bits per heavy atom. The van der Waals surface area contributed by atoms with Crippen LogP contribution in [0.5, 0.6) is 11.5 Å². The summed E-state index contributed by atoms with van der Waals surface area (Å²) >= 11 is 3.73. The van der Waals surface area contributed by atoms with E-state index in [1.807, 2.05) is 37.4 Å². The summed E-state index contributed by atoms with van der Waals surface area (Å²) < 4.78 is 12.9. The molecule has 0 saturated heterocycles. The van der Waals surface area contributed by atoms with Gasteiger partial charge >= 0.3 is 0 Å². The summed E-state index contributed by atoms with van der Waals surface area (Å²) in [4.78, 5) is 28.8. The SMILES string of the molecule is COc1cc(C2C3=C(CCCC3=O)N(C)C3=C2C(=O)CCC3)cc(Br)c1OCc1cccc2ccccc12. The van der Waals surface area contributed by atoms with Crippen LogP contribution in [0.15, 0.2) is 81.6 Å². The lowest BCUT2D eigenvalue weighted by atomic mass is 9.71. The minimum absolute atomic E-state index is 0.138. The molecule has 0 atom stereocenters. The first kappa shape index (κ1) is 24.9. The molecule has 0 radical (unpaired) electrons. The van der Waals surface area contributed by atoms with Crippen molar-refractivity contribution in [1.82, 2.24) is 4.90 Å². The number of carbonyl (C=O) groups is 2. The number of halogens is 1. The highest BCUT2D eigenvalue weighted by molar-refractivity contribution is 9.10. The van der Waals surface area contributed by atoms with Crippen molar-refractivity contribution in [3.05, 3.63) is 92.7 Å². The molecular weight excluding hydrogens is 542 g/mol. The zero-order chi connectivity index (χ0) is 26.4. The Labute approximate surface area is 231 Å². The van der Waals surface area contributed by atoms with Gasteiger partial charge < -0.3 is 14.4 Å². The molecular formula is C32H30BrNO4. The van der Waals surface area contributed by atoms with Crippen LogP contribution in [-0.2, 0) is 16.2 Å². The third-order valence-electron chi connectivity index (χ3n) is 8.08. The summed E-state index contributed by atoms with van der Waals surface area (Å²) in [6.07, 6.45) is 4.43. The molecule has 0 amide bonds.